The SMILES string of the molecule is COOCN1C(=O)C=CC1=O. The monoisotopic (exact) mass is 157 g/mol. The smallest absolute Gasteiger partial charge is 0.255 e. The normalized spacial score (nSPS) is 16.6. The van der Waals surface area contributed by atoms with Crippen molar-refractivity contribution in [2.45, 2.75) is 0 Å². The van der Waals surface area contributed by atoms with E-state index >= 15 is 0 Å². The van der Waals surface area contributed by atoms with Gasteiger partial charge in [-0.1, -0.05) is 0 Å². The number of hydrogen-bond acceptors (Lipinski definition) is 4. The summed E-state index contributed by atoms with van der Waals surface area (Å²) in [5.41, 5.74) is 0. The molecule has 0 fully saturated rings. The van der Waals surface area contributed by atoms with Gasteiger partial charge in [0.15, 0.2) is 6.73 Å². The van der Waals surface area contributed by atoms with E-state index in [2.05, 4.69) is 9.78 Å². The molecule has 0 aliphatic carbocycles. The molecule has 2 amide bonds. The van der Waals surface area contributed by atoms with E-state index in [-0.39, 0.29) is 18.5 Å². The van der Waals surface area contributed by atoms with Crippen LogP contribution in [0.2, 0.25) is 0 Å². The summed E-state index contributed by atoms with van der Waals surface area (Å²) >= 11 is 0. The number of carbonyl (C=O) groups is 2. The lowest BCUT2D eigenvalue weighted by Gasteiger charge is -2.10. The Labute approximate surface area is 63.1 Å². The van der Waals surface area contributed by atoms with Gasteiger partial charge in [-0.15, -0.1) is 0 Å². The molecular weight excluding hydrogens is 150 g/mol. The third-order valence-electron chi connectivity index (χ3n) is 1.20. The Morgan fingerprint density at radius 3 is 2.36 bits per heavy atom. The second kappa shape index (κ2) is 3.27. The van der Waals surface area contributed by atoms with Gasteiger partial charge in [0.1, 0.15) is 0 Å². The van der Waals surface area contributed by atoms with E-state index in [9.17, 15) is 9.59 Å². The van der Waals surface area contributed by atoms with Gasteiger partial charge in [0, 0.05) is 12.2 Å². The highest BCUT2D eigenvalue weighted by molar-refractivity contribution is 6.12. The van der Waals surface area contributed by atoms with Gasteiger partial charge >= 0.3 is 0 Å². The summed E-state index contributed by atoms with van der Waals surface area (Å²) in [5.74, 6) is -0.765. The van der Waals surface area contributed by atoms with Crippen LogP contribution in [0.4, 0.5) is 0 Å². The zero-order chi connectivity index (χ0) is 8.27. The summed E-state index contributed by atoms with van der Waals surface area (Å²) in [6, 6.07) is 0. The number of nitrogens with zero attached hydrogens (tertiary/aromatic N) is 1. The van der Waals surface area contributed by atoms with Crippen molar-refractivity contribution in [3.63, 3.8) is 0 Å². The van der Waals surface area contributed by atoms with Crippen LogP contribution < -0.4 is 0 Å². The van der Waals surface area contributed by atoms with Gasteiger partial charge in [-0.2, -0.15) is 0 Å². The van der Waals surface area contributed by atoms with E-state index in [1.54, 1.807) is 0 Å². The molecular formula is C6H7NO4. The van der Waals surface area contributed by atoms with Gasteiger partial charge in [0.05, 0.1) is 7.11 Å². The second-order valence-corrected chi connectivity index (χ2v) is 1.85. The summed E-state index contributed by atoms with van der Waals surface area (Å²) in [6.07, 6.45) is 2.36. The zero-order valence-electron chi connectivity index (χ0n) is 5.94. The van der Waals surface area contributed by atoms with Crippen LogP contribution in [0.3, 0.4) is 0 Å². The van der Waals surface area contributed by atoms with Gasteiger partial charge in [0.25, 0.3) is 11.8 Å². The topological polar surface area (TPSA) is 55.8 Å². The van der Waals surface area contributed by atoms with Crippen LogP contribution in [-0.2, 0) is 19.4 Å². The maximum atomic E-state index is 10.8. The van der Waals surface area contributed by atoms with Crippen LogP contribution in [0.15, 0.2) is 12.2 Å². The van der Waals surface area contributed by atoms with Crippen LogP contribution in [0.5, 0.6) is 0 Å². The van der Waals surface area contributed by atoms with E-state index in [0.29, 0.717) is 0 Å². The number of hydrogen-bond donors (Lipinski definition) is 0. The first-order valence-corrected chi connectivity index (χ1v) is 2.95. The average Bonchev–Trinajstić information content (AvgIpc) is 2.29. The van der Waals surface area contributed by atoms with Crippen molar-refractivity contribution in [3.8, 4) is 0 Å². The molecule has 0 saturated heterocycles. The van der Waals surface area contributed by atoms with E-state index in [4.69, 9.17) is 0 Å². The Balaban J connectivity index is 2.46. The minimum atomic E-state index is -0.382. The molecule has 0 aromatic heterocycles. The molecule has 60 valence electrons. The molecule has 0 aromatic rings. The molecule has 0 spiro atoms. The van der Waals surface area contributed by atoms with Crippen LogP contribution in [-0.4, -0.2) is 30.6 Å². The van der Waals surface area contributed by atoms with Crippen molar-refractivity contribution in [2.24, 2.45) is 0 Å². The maximum absolute atomic E-state index is 10.8. The highest BCUT2D eigenvalue weighted by Crippen LogP contribution is 2.02. The minimum absolute atomic E-state index is 0.166. The molecule has 0 radical (unpaired) electrons. The third kappa shape index (κ3) is 1.63. The minimum Gasteiger partial charge on any atom is -0.269 e. The Morgan fingerprint density at radius 2 is 1.91 bits per heavy atom. The molecule has 0 atom stereocenters. The lowest BCUT2D eigenvalue weighted by Crippen LogP contribution is -2.32. The molecule has 0 N–H and O–H groups in total. The first kappa shape index (κ1) is 7.90. The second-order valence-electron chi connectivity index (χ2n) is 1.85. The van der Waals surface area contributed by atoms with E-state index < -0.39 is 0 Å². The Hall–Kier alpha value is -1.20. The predicted octanol–water partition coefficient (Wildman–Crippen LogP) is -0.553. The van der Waals surface area contributed by atoms with Crippen LogP contribution >= 0.6 is 0 Å². The number of carbonyl (C=O) groups excluding carboxylic acids is 2. The molecule has 0 aromatic carbocycles. The fourth-order valence-electron chi connectivity index (χ4n) is 0.664. The van der Waals surface area contributed by atoms with Crippen molar-refractivity contribution in [2.75, 3.05) is 13.8 Å². The molecule has 1 heterocycles. The van der Waals surface area contributed by atoms with Gasteiger partial charge in [-0.05, 0) is 0 Å². The summed E-state index contributed by atoms with van der Waals surface area (Å²) in [4.78, 5) is 31.1. The Kier molecular flexibility index (Phi) is 2.35. The first-order chi connectivity index (χ1) is 5.25. The third-order valence-corrected chi connectivity index (χ3v) is 1.20. The largest absolute Gasteiger partial charge is 0.269 e. The molecule has 1 rings (SSSR count). The quantitative estimate of drug-likeness (QED) is 0.313. The molecule has 11 heavy (non-hydrogen) atoms. The van der Waals surface area contributed by atoms with Crippen LogP contribution in [0, 0.1) is 0 Å². The van der Waals surface area contributed by atoms with Crippen molar-refractivity contribution in [1.29, 1.82) is 0 Å². The zero-order valence-corrected chi connectivity index (χ0v) is 5.94. The lowest BCUT2D eigenvalue weighted by molar-refractivity contribution is -0.289. The Morgan fingerprint density at radius 1 is 1.36 bits per heavy atom. The summed E-state index contributed by atoms with van der Waals surface area (Å²) in [7, 11) is 1.30. The van der Waals surface area contributed by atoms with Crippen molar-refractivity contribution >= 4 is 11.8 Å². The predicted molar refractivity (Wildman–Crippen MR) is 34.0 cm³/mol. The molecule has 1 aliphatic rings. The van der Waals surface area contributed by atoms with Gasteiger partial charge < -0.3 is 0 Å². The summed E-state index contributed by atoms with van der Waals surface area (Å²) in [6.45, 7) is -0.166. The summed E-state index contributed by atoms with van der Waals surface area (Å²) < 4.78 is 0. The van der Waals surface area contributed by atoms with E-state index in [0.717, 1.165) is 4.90 Å². The van der Waals surface area contributed by atoms with E-state index in [1.165, 1.54) is 19.3 Å². The molecule has 0 unspecified atom stereocenters. The highest BCUT2D eigenvalue weighted by Gasteiger charge is 2.23. The van der Waals surface area contributed by atoms with Crippen LogP contribution in [0.25, 0.3) is 0 Å². The first-order valence-electron chi connectivity index (χ1n) is 2.95. The summed E-state index contributed by atoms with van der Waals surface area (Å²) in [5, 5.41) is 0. The maximum Gasteiger partial charge on any atom is 0.255 e. The molecule has 0 bridgehead atoms. The molecule has 0 saturated carbocycles. The fraction of sp³-hybridized carbons (Fsp3) is 0.333. The van der Waals surface area contributed by atoms with Crippen molar-refractivity contribution < 1.29 is 19.4 Å². The molecule has 5 nitrogen and oxygen atoms in total. The van der Waals surface area contributed by atoms with Gasteiger partial charge in [0.2, 0.25) is 0 Å². The average molecular weight is 157 g/mol. The molecule has 1 aliphatic heterocycles. The number of imide groups is 1. The highest BCUT2D eigenvalue weighted by atomic mass is 17.2. The van der Waals surface area contributed by atoms with Crippen LogP contribution in [0.1, 0.15) is 0 Å². The van der Waals surface area contributed by atoms with Crippen molar-refractivity contribution in [3.05, 3.63) is 12.2 Å². The van der Waals surface area contributed by atoms with Gasteiger partial charge in [-0.25, -0.2) is 14.7 Å². The Bertz CT molecular complexity index is 193. The number of rotatable bonds is 3. The van der Waals surface area contributed by atoms with E-state index in [1.807, 2.05) is 0 Å². The number of amides is 2. The molecule has 5 heteroatoms. The lowest BCUT2D eigenvalue weighted by atomic mass is 10.6. The van der Waals surface area contributed by atoms with Gasteiger partial charge in [-0.3, -0.25) is 9.59 Å². The standard InChI is InChI=1S/C6H7NO4/c1-10-11-4-7-5(8)2-3-6(7)9/h2-3H,4H2,1H3. The van der Waals surface area contributed by atoms with Crippen molar-refractivity contribution in [1.82, 2.24) is 4.90 Å². The fourth-order valence-corrected chi connectivity index (χ4v) is 0.664.